The van der Waals surface area contributed by atoms with Gasteiger partial charge in [0.05, 0.1) is 15.7 Å². The van der Waals surface area contributed by atoms with E-state index in [1.165, 1.54) is 0 Å². The molecule has 0 atom stereocenters. The Labute approximate surface area is 190 Å². The summed E-state index contributed by atoms with van der Waals surface area (Å²) in [6.07, 6.45) is 7.75. The summed E-state index contributed by atoms with van der Waals surface area (Å²) in [6, 6.07) is 20.9. The van der Waals surface area contributed by atoms with E-state index >= 15 is 0 Å². The van der Waals surface area contributed by atoms with E-state index in [1.54, 1.807) is 24.4 Å². The second kappa shape index (κ2) is 9.65. The Morgan fingerprint density at radius 2 is 1.74 bits per heavy atom. The fourth-order valence-electron chi connectivity index (χ4n) is 3.26. The van der Waals surface area contributed by atoms with Gasteiger partial charge in [0.25, 0.3) is 0 Å². The third-order valence-electron chi connectivity index (χ3n) is 4.84. The lowest BCUT2D eigenvalue weighted by Crippen LogP contribution is -2.28. The van der Waals surface area contributed by atoms with Crippen LogP contribution in [0.2, 0.25) is 10.0 Å². The number of carbonyl (C=O) groups is 1. The van der Waals surface area contributed by atoms with Gasteiger partial charge in [-0.05, 0) is 40.3 Å². The average molecular weight is 448 g/mol. The Hall–Kier alpha value is -3.34. The van der Waals surface area contributed by atoms with E-state index in [0.29, 0.717) is 22.3 Å². The summed E-state index contributed by atoms with van der Waals surface area (Å²) in [4.78, 5) is 16.6. The number of amides is 2. The van der Waals surface area contributed by atoms with Gasteiger partial charge in [0.2, 0.25) is 0 Å². The van der Waals surface area contributed by atoms with Crippen molar-refractivity contribution in [2.45, 2.75) is 6.54 Å². The zero-order chi connectivity index (χ0) is 21.6. The molecule has 0 aliphatic rings. The van der Waals surface area contributed by atoms with E-state index in [2.05, 4.69) is 39.9 Å². The van der Waals surface area contributed by atoms with Crippen LogP contribution in [0.25, 0.3) is 22.9 Å². The van der Waals surface area contributed by atoms with E-state index in [1.807, 2.05) is 42.6 Å². The van der Waals surface area contributed by atoms with Crippen LogP contribution in [-0.4, -0.2) is 11.0 Å². The molecule has 0 radical (unpaired) electrons. The Balaban J connectivity index is 1.51. The average Bonchev–Trinajstić information content (AvgIpc) is 2.80. The quantitative estimate of drug-likeness (QED) is 0.322. The van der Waals surface area contributed by atoms with Crippen LogP contribution in [0.3, 0.4) is 0 Å². The first-order chi connectivity index (χ1) is 15.1. The molecule has 2 N–H and O–H groups in total. The van der Waals surface area contributed by atoms with Gasteiger partial charge in [-0.15, -0.1) is 0 Å². The lowest BCUT2D eigenvalue weighted by Gasteiger charge is -2.12. The summed E-state index contributed by atoms with van der Waals surface area (Å²) in [7, 11) is 0. The number of aromatic nitrogens is 1. The summed E-state index contributed by atoms with van der Waals surface area (Å²) in [5, 5.41) is 8.34. The van der Waals surface area contributed by atoms with Crippen molar-refractivity contribution in [3.63, 3.8) is 0 Å². The summed E-state index contributed by atoms with van der Waals surface area (Å²) in [5.74, 6) is 0. The highest BCUT2D eigenvalue weighted by atomic mass is 35.5. The zero-order valence-corrected chi connectivity index (χ0v) is 18.0. The highest BCUT2D eigenvalue weighted by Crippen LogP contribution is 2.29. The predicted octanol–water partition coefficient (Wildman–Crippen LogP) is 7.03. The Kier molecular flexibility index (Phi) is 6.51. The van der Waals surface area contributed by atoms with Gasteiger partial charge in [-0.25, -0.2) is 4.79 Å². The van der Waals surface area contributed by atoms with Crippen molar-refractivity contribution in [2.24, 2.45) is 0 Å². The topological polar surface area (TPSA) is 54.0 Å². The fraction of sp³-hybridized carbons (Fsp3) is 0.0400. The van der Waals surface area contributed by atoms with Crippen molar-refractivity contribution >= 4 is 57.8 Å². The first-order valence-corrected chi connectivity index (χ1v) is 10.4. The van der Waals surface area contributed by atoms with E-state index in [-0.39, 0.29) is 6.03 Å². The molecule has 154 valence electrons. The van der Waals surface area contributed by atoms with E-state index in [4.69, 9.17) is 23.2 Å². The molecule has 6 heteroatoms. The SMILES string of the molecule is O=C(NCc1ccc(C=Cc2ccccc2)c2ccncc12)Nc1cccc(Cl)c1Cl. The van der Waals surface area contributed by atoms with Gasteiger partial charge >= 0.3 is 6.03 Å². The number of anilines is 1. The molecule has 0 unspecified atom stereocenters. The largest absolute Gasteiger partial charge is 0.334 e. The van der Waals surface area contributed by atoms with Crippen molar-refractivity contribution in [1.29, 1.82) is 0 Å². The lowest BCUT2D eigenvalue weighted by molar-refractivity contribution is 0.252. The summed E-state index contributed by atoms with van der Waals surface area (Å²) in [6.45, 7) is 0.342. The minimum absolute atomic E-state index is 0.309. The van der Waals surface area contributed by atoms with Crippen LogP contribution in [0.15, 0.2) is 79.1 Å². The second-order valence-corrected chi connectivity index (χ2v) is 7.67. The van der Waals surface area contributed by atoms with Gasteiger partial charge in [0.15, 0.2) is 0 Å². The third-order valence-corrected chi connectivity index (χ3v) is 5.66. The number of benzene rings is 3. The van der Waals surface area contributed by atoms with Crippen molar-refractivity contribution in [3.8, 4) is 0 Å². The van der Waals surface area contributed by atoms with Crippen LogP contribution in [0.5, 0.6) is 0 Å². The van der Waals surface area contributed by atoms with Crippen molar-refractivity contribution in [1.82, 2.24) is 10.3 Å². The zero-order valence-electron chi connectivity index (χ0n) is 16.5. The number of pyridine rings is 1. The molecular formula is C25H19Cl2N3O. The van der Waals surface area contributed by atoms with Crippen molar-refractivity contribution in [2.75, 3.05) is 5.32 Å². The molecule has 3 aromatic carbocycles. The normalized spacial score (nSPS) is 11.0. The van der Waals surface area contributed by atoms with Crippen LogP contribution in [-0.2, 0) is 6.54 Å². The molecule has 0 fully saturated rings. The van der Waals surface area contributed by atoms with Crippen molar-refractivity contribution < 1.29 is 4.79 Å². The van der Waals surface area contributed by atoms with Gasteiger partial charge in [0.1, 0.15) is 0 Å². The molecule has 0 saturated carbocycles. The Bertz CT molecular complexity index is 1260. The van der Waals surface area contributed by atoms with Gasteiger partial charge in [-0.3, -0.25) is 4.98 Å². The Morgan fingerprint density at radius 3 is 2.58 bits per heavy atom. The van der Waals surface area contributed by atoms with Crippen LogP contribution >= 0.6 is 23.2 Å². The summed E-state index contributed by atoms with van der Waals surface area (Å²) >= 11 is 12.1. The number of rotatable bonds is 5. The molecule has 0 bridgehead atoms. The number of nitrogens with zero attached hydrogens (tertiary/aromatic N) is 1. The van der Waals surface area contributed by atoms with Gasteiger partial charge < -0.3 is 10.6 Å². The molecule has 4 aromatic rings. The highest BCUT2D eigenvalue weighted by Gasteiger charge is 2.10. The van der Waals surface area contributed by atoms with E-state index < -0.39 is 0 Å². The molecule has 4 rings (SSSR count). The molecule has 1 heterocycles. The highest BCUT2D eigenvalue weighted by molar-refractivity contribution is 6.43. The smallest absolute Gasteiger partial charge is 0.319 e. The number of halogens is 2. The molecular weight excluding hydrogens is 429 g/mol. The molecule has 4 nitrogen and oxygen atoms in total. The maximum Gasteiger partial charge on any atom is 0.319 e. The molecule has 0 spiro atoms. The number of nitrogens with one attached hydrogen (secondary N) is 2. The molecule has 0 aliphatic heterocycles. The number of hydrogen-bond donors (Lipinski definition) is 2. The second-order valence-electron chi connectivity index (χ2n) is 6.89. The van der Waals surface area contributed by atoms with Crippen LogP contribution in [0.1, 0.15) is 16.7 Å². The maximum absolute atomic E-state index is 12.4. The van der Waals surface area contributed by atoms with E-state index in [0.717, 1.165) is 27.5 Å². The first-order valence-electron chi connectivity index (χ1n) is 9.69. The Morgan fingerprint density at radius 1 is 0.903 bits per heavy atom. The summed E-state index contributed by atoms with van der Waals surface area (Å²) in [5.41, 5.74) is 3.64. The summed E-state index contributed by atoms with van der Waals surface area (Å²) < 4.78 is 0. The van der Waals surface area contributed by atoms with E-state index in [9.17, 15) is 4.79 Å². The van der Waals surface area contributed by atoms with Crippen molar-refractivity contribution in [3.05, 3.63) is 106 Å². The number of urea groups is 1. The number of fused-ring (bicyclic) bond motifs is 1. The standard InChI is InChI=1S/C25H19Cl2N3O/c26-22-7-4-8-23(24(22)27)30-25(31)29-15-19-12-11-18(20-13-14-28-16-21(19)20)10-9-17-5-2-1-3-6-17/h1-14,16H,15H2,(H2,29,30,31). The molecule has 31 heavy (non-hydrogen) atoms. The molecule has 1 aromatic heterocycles. The van der Waals surface area contributed by atoms with Gasteiger partial charge in [0, 0.05) is 24.3 Å². The maximum atomic E-state index is 12.4. The fourth-order valence-corrected chi connectivity index (χ4v) is 3.61. The monoisotopic (exact) mass is 447 g/mol. The number of carbonyl (C=O) groups excluding carboxylic acids is 1. The minimum atomic E-state index is -0.366. The van der Waals surface area contributed by atoms with Crippen LogP contribution in [0.4, 0.5) is 10.5 Å². The minimum Gasteiger partial charge on any atom is -0.334 e. The lowest BCUT2D eigenvalue weighted by atomic mass is 10.0. The number of hydrogen-bond acceptors (Lipinski definition) is 2. The van der Waals surface area contributed by atoms with Crippen LogP contribution < -0.4 is 10.6 Å². The molecule has 0 saturated heterocycles. The van der Waals surface area contributed by atoms with Gasteiger partial charge in [-0.1, -0.05) is 83.9 Å². The van der Waals surface area contributed by atoms with Crippen LogP contribution in [0, 0.1) is 0 Å². The molecule has 0 aliphatic carbocycles. The molecule has 2 amide bonds. The first kappa shape index (κ1) is 20.9. The predicted molar refractivity (Wildman–Crippen MR) is 129 cm³/mol. The van der Waals surface area contributed by atoms with Gasteiger partial charge in [-0.2, -0.15) is 0 Å². The third kappa shape index (κ3) is 5.05.